The van der Waals surface area contributed by atoms with Crippen LogP contribution < -0.4 is 4.74 Å². The Labute approximate surface area is 147 Å². The van der Waals surface area contributed by atoms with Gasteiger partial charge >= 0.3 is 0 Å². The van der Waals surface area contributed by atoms with Gasteiger partial charge in [-0.3, -0.25) is 0 Å². The molecule has 4 nitrogen and oxygen atoms in total. The summed E-state index contributed by atoms with van der Waals surface area (Å²) in [6.07, 6.45) is 5.87. The van der Waals surface area contributed by atoms with Crippen molar-refractivity contribution in [1.29, 1.82) is 5.26 Å². The van der Waals surface area contributed by atoms with Crippen molar-refractivity contribution in [2.75, 3.05) is 0 Å². The van der Waals surface area contributed by atoms with Gasteiger partial charge in [0.2, 0.25) is 0 Å². The van der Waals surface area contributed by atoms with E-state index in [0.717, 1.165) is 41.1 Å². The molecule has 0 saturated heterocycles. The van der Waals surface area contributed by atoms with Crippen molar-refractivity contribution >= 4 is 0 Å². The van der Waals surface area contributed by atoms with Crippen molar-refractivity contribution in [3.8, 4) is 23.2 Å². The van der Waals surface area contributed by atoms with Crippen molar-refractivity contribution in [2.45, 2.75) is 26.4 Å². The summed E-state index contributed by atoms with van der Waals surface area (Å²) >= 11 is 0. The fourth-order valence-electron chi connectivity index (χ4n) is 2.46. The minimum atomic E-state index is 0.466. The molecule has 0 fully saturated rings. The van der Waals surface area contributed by atoms with Gasteiger partial charge in [0.05, 0.1) is 11.6 Å². The number of nitriles is 1. The molecule has 4 heteroatoms. The van der Waals surface area contributed by atoms with Crippen LogP contribution >= 0.6 is 0 Å². The Bertz CT molecular complexity index is 848. The van der Waals surface area contributed by atoms with E-state index in [2.05, 4.69) is 23.0 Å². The predicted molar refractivity (Wildman–Crippen MR) is 97.0 cm³/mol. The number of aryl methyl sites for hydroxylation is 1. The van der Waals surface area contributed by atoms with E-state index < -0.39 is 0 Å². The van der Waals surface area contributed by atoms with E-state index in [4.69, 9.17) is 10.00 Å². The Morgan fingerprint density at radius 1 is 0.920 bits per heavy atom. The number of rotatable bonds is 6. The molecule has 0 aliphatic carbocycles. The van der Waals surface area contributed by atoms with E-state index in [-0.39, 0.29) is 0 Å². The van der Waals surface area contributed by atoms with Crippen LogP contribution in [0.5, 0.6) is 5.75 Å². The van der Waals surface area contributed by atoms with Gasteiger partial charge in [-0.25, -0.2) is 9.97 Å². The maximum absolute atomic E-state index is 8.81. The van der Waals surface area contributed by atoms with Gasteiger partial charge in [0.15, 0.2) is 5.82 Å². The zero-order valence-corrected chi connectivity index (χ0v) is 14.1. The van der Waals surface area contributed by atoms with Gasteiger partial charge in [-0.1, -0.05) is 25.5 Å². The van der Waals surface area contributed by atoms with E-state index >= 15 is 0 Å². The van der Waals surface area contributed by atoms with Crippen LogP contribution in [0.15, 0.2) is 60.9 Å². The zero-order valence-electron chi connectivity index (χ0n) is 14.1. The average molecular weight is 329 g/mol. The van der Waals surface area contributed by atoms with Gasteiger partial charge in [-0.05, 0) is 53.9 Å². The molecule has 1 aromatic heterocycles. The van der Waals surface area contributed by atoms with Gasteiger partial charge in [0.25, 0.3) is 0 Å². The normalized spacial score (nSPS) is 10.2. The standard InChI is InChI=1S/C21H19N3O/c1-2-3-18-13-23-21(24-14-18)19-8-10-20(11-9-19)25-15-17-6-4-16(12-22)5-7-17/h4-11,13-14H,2-3,15H2,1H3. The molecule has 0 saturated carbocycles. The first-order valence-corrected chi connectivity index (χ1v) is 8.31. The number of nitrogens with zero attached hydrogens (tertiary/aromatic N) is 3. The molecule has 1 heterocycles. The molecule has 3 rings (SSSR count). The van der Waals surface area contributed by atoms with Gasteiger partial charge < -0.3 is 4.74 Å². The molecule has 0 bridgehead atoms. The fraction of sp³-hybridized carbons (Fsp3) is 0.190. The van der Waals surface area contributed by atoms with E-state index in [1.54, 1.807) is 12.1 Å². The minimum absolute atomic E-state index is 0.466. The second-order valence-electron chi connectivity index (χ2n) is 5.79. The Kier molecular flexibility index (Phi) is 5.38. The van der Waals surface area contributed by atoms with Crippen LogP contribution in [-0.4, -0.2) is 9.97 Å². The van der Waals surface area contributed by atoms with Crippen molar-refractivity contribution in [1.82, 2.24) is 9.97 Å². The molecule has 0 aliphatic heterocycles. The van der Waals surface area contributed by atoms with Gasteiger partial charge in [-0.2, -0.15) is 5.26 Å². The first-order chi connectivity index (χ1) is 12.3. The number of aromatic nitrogens is 2. The molecule has 0 spiro atoms. The maximum Gasteiger partial charge on any atom is 0.159 e. The minimum Gasteiger partial charge on any atom is -0.489 e. The second-order valence-corrected chi connectivity index (χ2v) is 5.79. The number of hydrogen-bond acceptors (Lipinski definition) is 4. The van der Waals surface area contributed by atoms with Crippen LogP contribution in [-0.2, 0) is 13.0 Å². The Morgan fingerprint density at radius 3 is 2.20 bits per heavy atom. The van der Waals surface area contributed by atoms with Gasteiger partial charge in [0, 0.05) is 18.0 Å². The summed E-state index contributed by atoms with van der Waals surface area (Å²) in [6, 6.07) is 17.3. The average Bonchev–Trinajstić information content (AvgIpc) is 2.68. The largest absolute Gasteiger partial charge is 0.489 e. The highest BCUT2D eigenvalue weighted by atomic mass is 16.5. The van der Waals surface area contributed by atoms with Gasteiger partial charge in [-0.15, -0.1) is 0 Å². The zero-order chi connectivity index (χ0) is 17.5. The lowest BCUT2D eigenvalue weighted by Crippen LogP contribution is -1.96. The summed E-state index contributed by atoms with van der Waals surface area (Å²) in [5.74, 6) is 1.51. The highest BCUT2D eigenvalue weighted by Gasteiger charge is 2.03. The quantitative estimate of drug-likeness (QED) is 0.666. The first kappa shape index (κ1) is 16.7. The van der Waals surface area contributed by atoms with E-state index in [1.165, 1.54) is 0 Å². The molecule has 124 valence electrons. The van der Waals surface area contributed by atoms with E-state index in [9.17, 15) is 0 Å². The predicted octanol–water partition coefficient (Wildman–Crippen LogP) is 4.55. The Balaban J connectivity index is 1.62. The molecule has 0 atom stereocenters. The van der Waals surface area contributed by atoms with Crippen LogP contribution in [0.4, 0.5) is 0 Å². The Hall–Kier alpha value is -3.19. The fourth-order valence-corrected chi connectivity index (χ4v) is 2.46. The van der Waals surface area contributed by atoms with Gasteiger partial charge in [0.1, 0.15) is 12.4 Å². The summed E-state index contributed by atoms with van der Waals surface area (Å²) in [6.45, 7) is 2.61. The molecule has 0 radical (unpaired) electrons. The molecule has 0 amide bonds. The van der Waals surface area contributed by atoms with Crippen LogP contribution in [0.2, 0.25) is 0 Å². The first-order valence-electron chi connectivity index (χ1n) is 8.31. The third-order valence-electron chi connectivity index (χ3n) is 3.85. The summed E-state index contributed by atoms with van der Waals surface area (Å²) in [5, 5.41) is 8.81. The highest BCUT2D eigenvalue weighted by molar-refractivity contribution is 5.55. The van der Waals surface area contributed by atoms with Crippen molar-refractivity contribution in [2.24, 2.45) is 0 Å². The van der Waals surface area contributed by atoms with Crippen LogP contribution in [0.1, 0.15) is 30.0 Å². The molecule has 2 aromatic carbocycles. The second kappa shape index (κ2) is 8.07. The lowest BCUT2D eigenvalue weighted by molar-refractivity contribution is 0.306. The lowest BCUT2D eigenvalue weighted by atomic mass is 10.1. The van der Waals surface area contributed by atoms with E-state index in [1.807, 2.05) is 48.8 Å². The molecule has 0 aliphatic rings. The maximum atomic E-state index is 8.81. The molecule has 25 heavy (non-hydrogen) atoms. The number of hydrogen-bond donors (Lipinski definition) is 0. The topological polar surface area (TPSA) is 58.8 Å². The van der Waals surface area contributed by atoms with Crippen molar-refractivity contribution in [3.05, 3.63) is 77.6 Å². The lowest BCUT2D eigenvalue weighted by Gasteiger charge is -2.07. The third-order valence-corrected chi connectivity index (χ3v) is 3.85. The molecule has 0 unspecified atom stereocenters. The monoisotopic (exact) mass is 329 g/mol. The molecular weight excluding hydrogens is 310 g/mol. The summed E-state index contributed by atoms with van der Waals surface area (Å²) in [4.78, 5) is 8.86. The molecular formula is C21H19N3O. The highest BCUT2D eigenvalue weighted by Crippen LogP contribution is 2.20. The number of benzene rings is 2. The SMILES string of the molecule is CCCc1cnc(-c2ccc(OCc3ccc(C#N)cc3)cc2)nc1. The summed E-state index contributed by atoms with van der Waals surface area (Å²) in [7, 11) is 0. The smallest absolute Gasteiger partial charge is 0.159 e. The third kappa shape index (κ3) is 4.42. The molecule has 0 N–H and O–H groups in total. The number of ether oxygens (including phenoxy) is 1. The van der Waals surface area contributed by atoms with Crippen LogP contribution in [0, 0.1) is 11.3 Å². The molecule has 3 aromatic rings. The Morgan fingerprint density at radius 2 is 1.60 bits per heavy atom. The van der Waals surface area contributed by atoms with E-state index in [0.29, 0.717) is 12.2 Å². The summed E-state index contributed by atoms with van der Waals surface area (Å²) < 4.78 is 5.78. The van der Waals surface area contributed by atoms with Crippen molar-refractivity contribution in [3.63, 3.8) is 0 Å². The summed E-state index contributed by atoms with van der Waals surface area (Å²) in [5.41, 5.74) is 3.80. The van der Waals surface area contributed by atoms with Crippen LogP contribution in [0.3, 0.4) is 0 Å². The van der Waals surface area contributed by atoms with Crippen molar-refractivity contribution < 1.29 is 4.74 Å². The van der Waals surface area contributed by atoms with Crippen LogP contribution in [0.25, 0.3) is 11.4 Å².